The smallest absolute Gasteiger partial charge is 0.329 e. The lowest BCUT2D eigenvalue weighted by Gasteiger charge is -2.28. The summed E-state index contributed by atoms with van der Waals surface area (Å²) in [5.74, 6) is -0.496. The van der Waals surface area contributed by atoms with Crippen LogP contribution >= 0.6 is 0 Å². The number of carbonyl (C=O) groups excluding carboxylic acids is 2. The highest BCUT2D eigenvalue weighted by molar-refractivity contribution is 5.83. The molecular weight excluding hydrogens is 242 g/mol. The third kappa shape index (κ3) is 4.39. The van der Waals surface area contributed by atoms with Gasteiger partial charge in [0.2, 0.25) is 5.91 Å². The summed E-state index contributed by atoms with van der Waals surface area (Å²) >= 11 is 0. The van der Waals surface area contributed by atoms with Gasteiger partial charge in [-0.2, -0.15) is 0 Å². The van der Waals surface area contributed by atoms with Crippen LogP contribution in [-0.4, -0.2) is 29.9 Å². The summed E-state index contributed by atoms with van der Waals surface area (Å²) in [4.78, 5) is 24.9. The molecule has 19 heavy (non-hydrogen) atoms. The van der Waals surface area contributed by atoms with E-state index in [4.69, 9.17) is 4.74 Å². The topological polar surface area (TPSA) is 46.6 Å². The van der Waals surface area contributed by atoms with E-state index in [-0.39, 0.29) is 24.4 Å². The van der Waals surface area contributed by atoms with Crippen LogP contribution in [0.25, 0.3) is 0 Å². The Hall–Kier alpha value is -1.84. The Kier molecular flexibility index (Phi) is 5.55. The van der Waals surface area contributed by atoms with E-state index in [9.17, 15) is 9.59 Å². The molecule has 0 aliphatic heterocycles. The zero-order valence-corrected chi connectivity index (χ0v) is 11.9. The molecular formula is C15H21NO3. The molecule has 0 fully saturated rings. The fraction of sp³-hybridized carbons (Fsp3) is 0.467. The normalized spacial score (nSPS) is 12.1. The number of ether oxygens (including phenoxy) is 1. The van der Waals surface area contributed by atoms with Crippen molar-refractivity contribution in [1.82, 2.24) is 4.90 Å². The fourth-order valence-corrected chi connectivity index (χ4v) is 1.89. The first-order valence-electron chi connectivity index (χ1n) is 6.37. The van der Waals surface area contributed by atoms with Crippen molar-refractivity contribution in [2.45, 2.75) is 33.4 Å². The number of nitrogens with zero attached hydrogens (tertiary/aromatic N) is 1. The lowest BCUT2D eigenvalue weighted by Crippen LogP contribution is -2.45. The number of benzene rings is 1. The third-order valence-electron chi connectivity index (χ3n) is 3.01. The Balaban J connectivity index is 2.65. The highest BCUT2D eigenvalue weighted by Gasteiger charge is 2.29. The number of esters is 1. The third-order valence-corrected chi connectivity index (χ3v) is 3.01. The molecule has 0 aliphatic carbocycles. The molecule has 0 radical (unpaired) electrons. The van der Waals surface area contributed by atoms with Crippen LogP contribution in [0.15, 0.2) is 30.3 Å². The minimum atomic E-state index is -0.541. The zero-order valence-electron chi connectivity index (χ0n) is 11.9. The maximum atomic E-state index is 12.1. The van der Waals surface area contributed by atoms with Crippen molar-refractivity contribution in [3.63, 3.8) is 0 Å². The van der Waals surface area contributed by atoms with E-state index in [0.29, 0.717) is 0 Å². The lowest BCUT2D eigenvalue weighted by atomic mass is 10.0. The Morgan fingerprint density at radius 1 is 1.21 bits per heavy atom. The molecule has 0 saturated heterocycles. The van der Waals surface area contributed by atoms with Crippen molar-refractivity contribution in [3.8, 4) is 0 Å². The quantitative estimate of drug-likeness (QED) is 0.765. The van der Waals surface area contributed by atoms with Gasteiger partial charge in [-0.15, -0.1) is 0 Å². The summed E-state index contributed by atoms with van der Waals surface area (Å²) in [5, 5.41) is 0. The van der Waals surface area contributed by atoms with Crippen molar-refractivity contribution in [2.75, 3.05) is 7.05 Å². The maximum absolute atomic E-state index is 12.1. The van der Waals surface area contributed by atoms with Gasteiger partial charge in [0, 0.05) is 14.0 Å². The summed E-state index contributed by atoms with van der Waals surface area (Å²) in [6.45, 7) is 5.47. The molecule has 0 saturated carbocycles. The molecule has 1 aromatic carbocycles. The number of carbonyl (C=O) groups is 2. The van der Waals surface area contributed by atoms with Crippen LogP contribution in [-0.2, 0) is 20.9 Å². The second kappa shape index (κ2) is 6.92. The van der Waals surface area contributed by atoms with E-state index in [1.165, 1.54) is 11.8 Å². The highest BCUT2D eigenvalue weighted by Crippen LogP contribution is 2.13. The second-order valence-electron chi connectivity index (χ2n) is 4.91. The molecule has 0 heterocycles. The van der Waals surface area contributed by atoms with Crippen LogP contribution in [0.3, 0.4) is 0 Å². The number of hydrogen-bond donors (Lipinski definition) is 0. The molecule has 1 atom stereocenters. The summed E-state index contributed by atoms with van der Waals surface area (Å²) in [5.41, 5.74) is 0.934. The Morgan fingerprint density at radius 3 is 2.26 bits per heavy atom. The van der Waals surface area contributed by atoms with Gasteiger partial charge in [-0.05, 0) is 11.5 Å². The standard InChI is InChI=1S/C15H21NO3/c1-11(2)14(16(4)12(3)17)15(18)19-10-13-8-6-5-7-9-13/h5-9,11,14H,10H2,1-4H3. The Labute approximate surface area is 114 Å². The van der Waals surface area contributed by atoms with Crippen LogP contribution in [0.5, 0.6) is 0 Å². The monoisotopic (exact) mass is 263 g/mol. The number of rotatable bonds is 5. The van der Waals surface area contributed by atoms with Gasteiger partial charge in [0.25, 0.3) is 0 Å². The maximum Gasteiger partial charge on any atom is 0.329 e. The van der Waals surface area contributed by atoms with Crippen LogP contribution < -0.4 is 0 Å². The van der Waals surface area contributed by atoms with Crippen LogP contribution in [0.1, 0.15) is 26.3 Å². The molecule has 0 spiro atoms. The molecule has 1 amide bonds. The van der Waals surface area contributed by atoms with Gasteiger partial charge in [-0.25, -0.2) is 4.79 Å². The average molecular weight is 263 g/mol. The molecule has 1 rings (SSSR count). The van der Waals surface area contributed by atoms with E-state index in [1.807, 2.05) is 44.2 Å². The van der Waals surface area contributed by atoms with Crippen molar-refractivity contribution >= 4 is 11.9 Å². The Bertz CT molecular complexity index is 428. The molecule has 4 heteroatoms. The van der Waals surface area contributed by atoms with Gasteiger partial charge in [-0.3, -0.25) is 4.79 Å². The molecule has 0 aromatic heterocycles. The highest BCUT2D eigenvalue weighted by atomic mass is 16.5. The van der Waals surface area contributed by atoms with E-state index < -0.39 is 6.04 Å². The molecule has 1 unspecified atom stereocenters. The molecule has 1 aromatic rings. The van der Waals surface area contributed by atoms with Gasteiger partial charge >= 0.3 is 5.97 Å². The van der Waals surface area contributed by atoms with E-state index in [1.54, 1.807) is 7.05 Å². The summed E-state index contributed by atoms with van der Waals surface area (Å²) in [6, 6.07) is 8.95. The van der Waals surface area contributed by atoms with Crippen molar-refractivity contribution in [2.24, 2.45) is 5.92 Å². The van der Waals surface area contributed by atoms with Gasteiger partial charge in [0.05, 0.1) is 0 Å². The van der Waals surface area contributed by atoms with Crippen molar-refractivity contribution in [1.29, 1.82) is 0 Å². The molecule has 4 nitrogen and oxygen atoms in total. The SMILES string of the molecule is CC(=O)N(C)C(C(=O)OCc1ccccc1)C(C)C. The first-order chi connectivity index (χ1) is 8.93. The van der Waals surface area contributed by atoms with E-state index >= 15 is 0 Å². The number of likely N-dealkylation sites (N-methyl/N-ethyl adjacent to an activating group) is 1. The van der Waals surface area contributed by atoms with Gasteiger partial charge in [-0.1, -0.05) is 44.2 Å². The first kappa shape index (κ1) is 15.2. The molecule has 104 valence electrons. The van der Waals surface area contributed by atoms with Crippen molar-refractivity contribution in [3.05, 3.63) is 35.9 Å². The minimum Gasteiger partial charge on any atom is -0.459 e. The average Bonchev–Trinajstić information content (AvgIpc) is 2.37. The largest absolute Gasteiger partial charge is 0.459 e. The predicted octanol–water partition coefficient (Wildman–Crippen LogP) is 2.23. The molecule has 0 bridgehead atoms. The van der Waals surface area contributed by atoms with Crippen molar-refractivity contribution < 1.29 is 14.3 Å². The van der Waals surface area contributed by atoms with Crippen LogP contribution in [0.4, 0.5) is 0 Å². The van der Waals surface area contributed by atoms with Gasteiger partial charge < -0.3 is 9.64 Å². The first-order valence-corrected chi connectivity index (χ1v) is 6.37. The minimum absolute atomic E-state index is 0.0113. The summed E-state index contributed by atoms with van der Waals surface area (Å²) in [6.07, 6.45) is 0. The number of amides is 1. The van der Waals surface area contributed by atoms with Crippen LogP contribution in [0, 0.1) is 5.92 Å². The fourth-order valence-electron chi connectivity index (χ4n) is 1.89. The summed E-state index contributed by atoms with van der Waals surface area (Å²) in [7, 11) is 1.62. The lowest BCUT2D eigenvalue weighted by molar-refractivity contribution is -0.156. The molecule has 0 N–H and O–H groups in total. The van der Waals surface area contributed by atoms with E-state index in [0.717, 1.165) is 5.56 Å². The molecule has 0 aliphatic rings. The zero-order chi connectivity index (χ0) is 14.4. The van der Waals surface area contributed by atoms with Gasteiger partial charge in [0.15, 0.2) is 0 Å². The summed E-state index contributed by atoms with van der Waals surface area (Å²) < 4.78 is 5.29. The predicted molar refractivity (Wildman–Crippen MR) is 73.3 cm³/mol. The van der Waals surface area contributed by atoms with Crippen LogP contribution in [0.2, 0.25) is 0 Å². The Morgan fingerprint density at radius 2 is 1.79 bits per heavy atom. The van der Waals surface area contributed by atoms with E-state index in [2.05, 4.69) is 0 Å². The number of hydrogen-bond acceptors (Lipinski definition) is 3. The van der Waals surface area contributed by atoms with Gasteiger partial charge in [0.1, 0.15) is 12.6 Å². The second-order valence-corrected chi connectivity index (χ2v) is 4.91.